The first-order valence-electron chi connectivity index (χ1n) is 6.50. The monoisotopic (exact) mass is 273 g/mol. The molecule has 2 heterocycles. The number of nitrogens with one attached hydrogen (secondary N) is 2. The fourth-order valence-electron chi connectivity index (χ4n) is 2.49. The van der Waals surface area contributed by atoms with Gasteiger partial charge in [0.2, 0.25) is 0 Å². The molecule has 0 radical (unpaired) electrons. The largest absolute Gasteiger partial charge is 0.376 e. The summed E-state index contributed by atoms with van der Waals surface area (Å²) < 4.78 is 0. The topological polar surface area (TPSA) is 37.0 Å². The molecular weight excluding hydrogens is 258 g/mol. The van der Waals surface area contributed by atoms with Crippen molar-refractivity contribution in [3.63, 3.8) is 0 Å². The molecule has 1 aromatic heterocycles. The lowest BCUT2D eigenvalue weighted by molar-refractivity contribution is 0.637. The summed E-state index contributed by atoms with van der Waals surface area (Å²) in [7, 11) is 0. The highest BCUT2D eigenvalue weighted by Crippen LogP contribution is 2.29. The Morgan fingerprint density at radius 3 is 3.00 bits per heavy atom. The minimum atomic E-state index is 0.271. The van der Waals surface area contributed by atoms with Gasteiger partial charge in [-0.15, -0.1) is 0 Å². The maximum absolute atomic E-state index is 6.12. The standard InChI is InChI=1S/C15H16ClN3/c16-15-14(6-3-8-18-15)19-13-7-9-17-10-11-4-1-2-5-12(11)13/h1-6,8,13,17,19H,7,9-10H2. The lowest BCUT2D eigenvalue weighted by atomic mass is 9.99. The van der Waals surface area contributed by atoms with E-state index in [0.717, 1.165) is 25.2 Å². The van der Waals surface area contributed by atoms with Crippen molar-refractivity contribution in [2.75, 3.05) is 11.9 Å². The number of benzene rings is 1. The molecule has 3 nitrogen and oxygen atoms in total. The van der Waals surface area contributed by atoms with Gasteiger partial charge in [-0.2, -0.15) is 0 Å². The molecule has 1 aliphatic heterocycles. The molecule has 1 aromatic carbocycles. The van der Waals surface area contributed by atoms with Crippen LogP contribution in [0.1, 0.15) is 23.6 Å². The Kier molecular flexibility index (Phi) is 3.67. The molecule has 2 aromatic rings. The van der Waals surface area contributed by atoms with Crippen molar-refractivity contribution in [1.29, 1.82) is 0 Å². The Morgan fingerprint density at radius 2 is 2.11 bits per heavy atom. The van der Waals surface area contributed by atoms with Crippen LogP contribution in [0.25, 0.3) is 0 Å². The first-order valence-corrected chi connectivity index (χ1v) is 6.88. The normalized spacial score (nSPS) is 18.5. The van der Waals surface area contributed by atoms with Gasteiger partial charge in [-0.05, 0) is 36.2 Å². The third kappa shape index (κ3) is 2.72. The highest BCUT2D eigenvalue weighted by molar-refractivity contribution is 6.31. The fourth-order valence-corrected chi connectivity index (χ4v) is 2.67. The van der Waals surface area contributed by atoms with Crippen LogP contribution in [-0.2, 0) is 6.54 Å². The molecular formula is C15H16ClN3. The van der Waals surface area contributed by atoms with Crippen LogP contribution in [0.5, 0.6) is 0 Å². The molecule has 1 aliphatic rings. The molecule has 98 valence electrons. The number of nitrogens with zero attached hydrogens (tertiary/aromatic N) is 1. The van der Waals surface area contributed by atoms with Gasteiger partial charge in [0.25, 0.3) is 0 Å². The zero-order valence-electron chi connectivity index (χ0n) is 10.6. The average molecular weight is 274 g/mol. The minimum absolute atomic E-state index is 0.271. The van der Waals surface area contributed by atoms with E-state index in [1.54, 1.807) is 6.20 Å². The summed E-state index contributed by atoms with van der Waals surface area (Å²) in [5.74, 6) is 0. The van der Waals surface area contributed by atoms with Crippen LogP contribution < -0.4 is 10.6 Å². The van der Waals surface area contributed by atoms with E-state index in [1.807, 2.05) is 12.1 Å². The van der Waals surface area contributed by atoms with Crippen LogP contribution in [-0.4, -0.2) is 11.5 Å². The molecule has 2 N–H and O–H groups in total. The van der Waals surface area contributed by atoms with Crippen molar-refractivity contribution in [2.24, 2.45) is 0 Å². The summed E-state index contributed by atoms with van der Waals surface area (Å²) in [6.07, 6.45) is 2.73. The maximum Gasteiger partial charge on any atom is 0.152 e. The smallest absolute Gasteiger partial charge is 0.152 e. The highest BCUT2D eigenvalue weighted by Gasteiger charge is 2.18. The van der Waals surface area contributed by atoms with Gasteiger partial charge >= 0.3 is 0 Å². The number of fused-ring (bicyclic) bond motifs is 1. The van der Waals surface area contributed by atoms with Crippen molar-refractivity contribution in [1.82, 2.24) is 10.3 Å². The minimum Gasteiger partial charge on any atom is -0.376 e. The predicted octanol–water partition coefficient (Wildman–Crippen LogP) is 3.38. The Bertz CT molecular complexity index is 571. The van der Waals surface area contributed by atoms with E-state index in [0.29, 0.717) is 5.15 Å². The van der Waals surface area contributed by atoms with Crippen molar-refractivity contribution >= 4 is 17.3 Å². The quantitative estimate of drug-likeness (QED) is 0.824. The third-order valence-corrected chi connectivity index (χ3v) is 3.75. The third-order valence-electron chi connectivity index (χ3n) is 3.44. The molecule has 0 bridgehead atoms. The Hall–Kier alpha value is -1.58. The van der Waals surface area contributed by atoms with E-state index < -0.39 is 0 Å². The summed E-state index contributed by atoms with van der Waals surface area (Å²) in [6.45, 7) is 1.92. The predicted molar refractivity (Wildman–Crippen MR) is 78.4 cm³/mol. The molecule has 0 fully saturated rings. The zero-order valence-corrected chi connectivity index (χ0v) is 11.3. The van der Waals surface area contributed by atoms with Crippen molar-refractivity contribution < 1.29 is 0 Å². The van der Waals surface area contributed by atoms with Crippen LogP contribution in [0, 0.1) is 0 Å². The molecule has 1 unspecified atom stereocenters. The molecule has 4 heteroatoms. The first kappa shape index (κ1) is 12.5. The van der Waals surface area contributed by atoms with E-state index in [1.165, 1.54) is 11.1 Å². The highest BCUT2D eigenvalue weighted by atomic mass is 35.5. The van der Waals surface area contributed by atoms with Crippen molar-refractivity contribution in [3.8, 4) is 0 Å². The Morgan fingerprint density at radius 1 is 1.21 bits per heavy atom. The zero-order chi connectivity index (χ0) is 13.1. The molecule has 0 amide bonds. The van der Waals surface area contributed by atoms with E-state index >= 15 is 0 Å². The second-order valence-electron chi connectivity index (χ2n) is 4.70. The molecule has 3 rings (SSSR count). The SMILES string of the molecule is Clc1ncccc1NC1CCNCc2ccccc21. The number of anilines is 1. The summed E-state index contributed by atoms with van der Waals surface area (Å²) >= 11 is 6.12. The molecule has 19 heavy (non-hydrogen) atoms. The van der Waals surface area contributed by atoms with Crippen LogP contribution in [0.4, 0.5) is 5.69 Å². The number of halogens is 1. The molecule has 1 atom stereocenters. The second-order valence-corrected chi connectivity index (χ2v) is 5.06. The van der Waals surface area contributed by atoms with Gasteiger partial charge in [-0.3, -0.25) is 0 Å². The fraction of sp³-hybridized carbons (Fsp3) is 0.267. The van der Waals surface area contributed by atoms with Crippen molar-refractivity contribution in [3.05, 3.63) is 58.9 Å². The lowest BCUT2D eigenvalue weighted by Crippen LogP contribution is -2.15. The van der Waals surface area contributed by atoms with E-state index in [2.05, 4.69) is 39.9 Å². The number of rotatable bonds is 2. The number of pyridine rings is 1. The van der Waals surface area contributed by atoms with Crippen LogP contribution in [0.15, 0.2) is 42.6 Å². The lowest BCUT2D eigenvalue weighted by Gasteiger charge is -2.20. The second kappa shape index (κ2) is 5.59. The summed E-state index contributed by atoms with van der Waals surface area (Å²) in [5.41, 5.74) is 3.58. The van der Waals surface area contributed by atoms with E-state index in [9.17, 15) is 0 Å². The Labute approximate surface area is 118 Å². The first-order chi connectivity index (χ1) is 9.34. The maximum atomic E-state index is 6.12. The van der Waals surface area contributed by atoms with E-state index in [-0.39, 0.29) is 6.04 Å². The van der Waals surface area contributed by atoms with Crippen molar-refractivity contribution in [2.45, 2.75) is 19.0 Å². The number of hydrogen-bond donors (Lipinski definition) is 2. The molecule has 0 aliphatic carbocycles. The molecule has 0 saturated carbocycles. The number of aromatic nitrogens is 1. The van der Waals surface area contributed by atoms with Crippen LogP contribution in [0.3, 0.4) is 0 Å². The van der Waals surface area contributed by atoms with Gasteiger partial charge in [0.05, 0.1) is 11.7 Å². The summed E-state index contributed by atoms with van der Waals surface area (Å²) in [5, 5.41) is 7.48. The molecule has 0 spiro atoms. The van der Waals surface area contributed by atoms with Gasteiger partial charge in [-0.25, -0.2) is 4.98 Å². The van der Waals surface area contributed by atoms with Gasteiger partial charge in [0.1, 0.15) is 0 Å². The van der Waals surface area contributed by atoms with Gasteiger partial charge in [-0.1, -0.05) is 35.9 Å². The molecule has 0 saturated heterocycles. The number of hydrogen-bond acceptors (Lipinski definition) is 3. The summed E-state index contributed by atoms with van der Waals surface area (Å²) in [4.78, 5) is 4.11. The van der Waals surface area contributed by atoms with E-state index in [4.69, 9.17) is 11.6 Å². The van der Waals surface area contributed by atoms with Gasteiger partial charge < -0.3 is 10.6 Å². The Balaban J connectivity index is 1.91. The van der Waals surface area contributed by atoms with Crippen LogP contribution in [0.2, 0.25) is 5.15 Å². The van der Waals surface area contributed by atoms with Gasteiger partial charge in [0.15, 0.2) is 5.15 Å². The average Bonchev–Trinajstić information content (AvgIpc) is 2.64. The van der Waals surface area contributed by atoms with Crippen LogP contribution >= 0.6 is 11.6 Å². The summed E-state index contributed by atoms with van der Waals surface area (Å²) in [6, 6.07) is 12.7. The van der Waals surface area contributed by atoms with Gasteiger partial charge in [0, 0.05) is 12.7 Å².